The van der Waals surface area contributed by atoms with E-state index >= 15 is 0 Å². The van der Waals surface area contributed by atoms with Crippen molar-refractivity contribution >= 4 is 0 Å². The highest BCUT2D eigenvalue weighted by Crippen LogP contribution is 2.37. The molecule has 84 valence electrons. The molecule has 15 heavy (non-hydrogen) atoms. The van der Waals surface area contributed by atoms with Gasteiger partial charge in [-0.1, -0.05) is 13.8 Å². The van der Waals surface area contributed by atoms with Crippen LogP contribution in [0.15, 0.2) is 12.1 Å². The number of methoxy groups -OCH3 is 2. The lowest BCUT2D eigenvalue weighted by molar-refractivity contribution is 0.339. The van der Waals surface area contributed by atoms with Crippen molar-refractivity contribution in [3.63, 3.8) is 0 Å². The molecule has 1 rings (SSSR count). The Bertz CT molecular complexity index is 307. The van der Waals surface area contributed by atoms with E-state index in [-0.39, 0.29) is 5.75 Å². The van der Waals surface area contributed by atoms with Gasteiger partial charge in [-0.2, -0.15) is 0 Å². The summed E-state index contributed by atoms with van der Waals surface area (Å²) in [5.74, 6) is 1.55. The number of benzene rings is 1. The zero-order valence-electron chi connectivity index (χ0n) is 9.70. The predicted octanol–water partition coefficient (Wildman–Crippen LogP) is 2.61. The third kappa shape index (κ3) is 2.78. The smallest absolute Gasteiger partial charge is 0.200 e. The average molecular weight is 210 g/mol. The number of ether oxygens (including phenoxy) is 2. The fourth-order valence-corrected chi connectivity index (χ4v) is 1.54. The van der Waals surface area contributed by atoms with Crippen molar-refractivity contribution in [2.45, 2.75) is 20.3 Å². The summed E-state index contributed by atoms with van der Waals surface area (Å²) in [5, 5.41) is 9.70. The minimum atomic E-state index is 0.0625. The average Bonchev–Trinajstić information content (AvgIpc) is 2.19. The first-order chi connectivity index (χ1) is 7.08. The van der Waals surface area contributed by atoms with Crippen LogP contribution in [-0.4, -0.2) is 19.3 Å². The first-order valence-electron chi connectivity index (χ1n) is 5.02. The van der Waals surface area contributed by atoms with Gasteiger partial charge >= 0.3 is 0 Å². The van der Waals surface area contributed by atoms with Crippen molar-refractivity contribution in [3.05, 3.63) is 17.7 Å². The predicted molar refractivity (Wildman–Crippen MR) is 59.8 cm³/mol. The minimum Gasteiger partial charge on any atom is -0.502 e. The standard InChI is InChI=1S/C12H18O3/c1-8(2)5-9-6-10(14-3)12(13)11(7-9)15-4/h6-8,13H,5H2,1-4H3. The van der Waals surface area contributed by atoms with Gasteiger partial charge in [0.2, 0.25) is 5.75 Å². The third-order valence-corrected chi connectivity index (χ3v) is 2.18. The summed E-state index contributed by atoms with van der Waals surface area (Å²) in [6, 6.07) is 3.69. The number of hydrogen-bond donors (Lipinski definition) is 1. The van der Waals surface area contributed by atoms with Gasteiger partial charge in [-0.15, -0.1) is 0 Å². The quantitative estimate of drug-likeness (QED) is 0.830. The fourth-order valence-electron chi connectivity index (χ4n) is 1.54. The molecule has 0 saturated heterocycles. The Labute approximate surface area is 90.6 Å². The molecule has 0 saturated carbocycles. The number of phenolic OH excluding ortho intramolecular Hbond substituents is 1. The van der Waals surface area contributed by atoms with Crippen LogP contribution in [0.2, 0.25) is 0 Å². The summed E-state index contributed by atoms with van der Waals surface area (Å²) in [6.07, 6.45) is 0.938. The van der Waals surface area contributed by atoms with E-state index in [1.165, 1.54) is 14.2 Å². The molecule has 1 N–H and O–H groups in total. The molecule has 0 radical (unpaired) electrons. The lowest BCUT2D eigenvalue weighted by atomic mass is 10.0. The lowest BCUT2D eigenvalue weighted by Crippen LogP contribution is -1.97. The molecule has 1 aromatic rings. The first-order valence-corrected chi connectivity index (χ1v) is 5.02. The van der Waals surface area contributed by atoms with Crippen molar-refractivity contribution in [1.82, 2.24) is 0 Å². The van der Waals surface area contributed by atoms with E-state index < -0.39 is 0 Å². The van der Waals surface area contributed by atoms with Gasteiger partial charge in [-0.25, -0.2) is 0 Å². The van der Waals surface area contributed by atoms with Crippen molar-refractivity contribution in [3.8, 4) is 17.2 Å². The van der Waals surface area contributed by atoms with Crippen molar-refractivity contribution in [2.75, 3.05) is 14.2 Å². The third-order valence-electron chi connectivity index (χ3n) is 2.18. The van der Waals surface area contributed by atoms with Gasteiger partial charge in [-0.3, -0.25) is 0 Å². The molecular formula is C12H18O3. The largest absolute Gasteiger partial charge is 0.502 e. The van der Waals surface area contributed by atoms with Crippen molar-refractivity contribution in [1.29, 1.82) is 0 Å². The Morgan fingerprint density at radius 2 is 1.60 bits per heavy atom. The highest BCUT2D eigenvalue weighted by atomic mass is 16.5. The van der Waals surface area contributed by atoms with E-state index in [2.05, 4.69) is 13.8 Å². The van der Waals surface area contributed by atoms with Crippen LogP contribution in [-0.2, 0) is 6.42 Å². The monoisotopic (exact) mass is 210 g/mol. The highest BCUT2D eigenvalue weighted by molar-refractivity contribution is 5.52. The van der Waals surface area contributed by atoms with Gasteiger partial charge in [0, 0.05) is 0 Å². The lowest BCUT2D eigenvalue weighted by Gasteiger charge is -2.12. The van der Waals surface area contributed by atoms with Gasteiger partial charge in [0.15, 0.2) is 11.5 Å². The SMILES string of the molecule is COc1cc(CC(C)C)cc(OC)c1O. The van der Waals surface area contributed by atoms with Gasteiger partial charge < -0.3 is 14.6 Å². The normalized spacial score (nSPS) is 10.5. The molecule has 0 aliphatic rings. The molecule has 0 aliphatic heterocycles. The van der Waals surface area contributed by atoms with Gasteiger partial charge in [0.25, 0.3) is 0 Å². The second-order valence-corrected chi connectivity index (χ2v) is 3.95. The zero-order chi connectivity index (χ0) is 11.4. The first kappa shape index (κ1) is 11.7. The Kier molecular flexibility index (Phi) is 3.83. The number of hydrogen-bond acceptors (Lipinski definition) is 3. The molecule has 0 fully saturated rings. The van der Waals surface area contributed by atoms with Crippen LogP contribution in [0.4, 0.5) is 0 Å². The Morgan fingerprint density at radius 1 is 1.13 bits per heavy atom. The molecule has 3 heteroatoms. The summed E-state index contributed by atoms with van der Waals surface area (Å²) in [7, 11) is 3.07. The summed E-state index contributed by atoms with van der Waals surface area (Å²) in [4.78, 5) is 0. The van der Waals surface area contributed by atoms with Crippen LogP contribution < -0.4 is 9.47 Å². The summed E-state index contributed by atoms with van der Waals surface area (Å²) < 4.78 is 10.2. The van der Waals surface area contributed by atoms with Crippen LogP contribution in [0.1, 0.15) is 19.4 Å². The van der Waals surface area contributed by atoms with Crippen molar-refractivity contribution < 1.29 is 14.6 Å². The van der Waals surface area contributed by atoms with E-state index in [4.69, 9.17) is 9.47 Å². The highest BCUT2D eigenvalue weighted by Gasteiger charge is 2.11. The maximum absolute atomic E-state index is 9.70. The molecular weight excluding hydrogens is 192 g/mol. The molecule has 1 aromatic carbocycles. The summed E-state index contributed by atoms with van der Waals surface area (Å²) >= 11 is 0. The number of aromatic hydroxyl groups is 1. The van der Waals surface area contributed by atoms with Crippen molar-refractivity contribution in [2.24, 2.45) is 5.92 Å². The van der Waals surface area contributed by atoms with E-state index in [0.717, 1.165) is 12.0 Å². The second kappa shape index (κ2) is 4.91. The van der Waals surface area contributed by atoms with Crippen LogP contribution in [0, 0.1) is 5.92 Å². The molecule has 0 heterocycles. The van der Waals surface area contributed by atoms with E-state index in [9.17, 15) is 5.11 Å². The Morgan fingerprint density at radius 3 is 1.93 bits per heavy atom. The van der Waals surface area contributed by atoms with Crippen LogP contribution in [0.5, 0.6) is 17.2 Å². The molecule has 0 amide bonds. The molecule has 0 unspecified atom stereocenters. The van der Waals surface area contributed by atoms with Crippen LogP contribution in [0.25, 0.3) is 0 Å². The van der Waals surface area contributed by atoms with Gasteiger partial charge in [-0.05, 0) is 30.0 Å². The van der Waals surface area contributed by atoms with E-state index in [1.807, 2.05) is 12.1 Å². The molecule has 0 aromatic heterocycles. The zero-order valence-corrected chi connectivity index (χ0v) is 9.70. The fraction of sp³-hybridized carbons (Fsp3) is 0.500. The van der Waals surface area contributed by atoms with Gasteiger partial charge in [0.1, 0.15) is 0 Å². The number of phenols is 1. The maximum atomic E-state index is 9.70. The number of rotatable bonds is 4. The van der Waals surface area contributed by atoms with E-state index in [1.54, 1.807) is 0 Å². The summed E-state index contributed by atoms with van der Waals surface area (Å²) in [5.41, 5.74) is 1.11. The molecule has 0 spiro atoms. The maximum Gasteiger partial charge on any atom is 0.200 e. The van der Waals surface area contributed by atoms with Gasteiger partial charge in [0.05, 0.1) is 14.2 Å². The minimum absolute atomic E-state index is 0.0625. The van der Waals surface area contributed by atoms with Crippen LogP contribution in [0.3, 0.4) is 0 Å². The topological polar surface area (TPSA) is 38.7 Å². The van der Waals surface area contributed by atoms with E-state index in [0.29, 0.717) is 17.4 Å². The molecule has 0 atom stereocenters. The molecule has 3 nitrogen and oxygen atoms in total. The van der Waals surface area contributed by atoms with Crippen LogP contribution >= 0.6 is 0 Å². The molecule has 0 aliphatic carbocycles. The second-order valence-electron chi connectivity index (χ2n) is 3.95. The Hall–Kier alpha value is -1.38. The Balaban J connectivity index is 3.09. The molecule has 0 bridgehead atoms. The summed E-state index contributed by atoms with van der Waals surface area (Å²) in [6.45, 7) is 4.29.